The summed E-state index contributed by atoms with van der Waals surface area (Å²) in [5, 5.41) is 0. The minimum absolute atomic E-state index is 0.0899. The first kappa shape index (κ1) is 12.9. The van der Waals surface area contributed by atoms with Crippen LogP contribution in [-0.2, 0) is 19.3 Å². The molecule has 0 fully saturated rings. The first-order chi connectivity index (χ1) is 9.22. The molecule has 0 heterocycles. The smallest absolute Gasteiger partial charge is 0.0335 e. The van der Waals surface area contributed by atoms with Crippen LogP contribution in [-0.4, -0.2) is 0 Å². The zero-order chi connectivity index (χ0) is 13.2. The second-order valence-corrected chi connectivity index (χ2v) is 6.23. The third-order valence-electron chi connectivity index (χ3n) is 3.92. The second-order valence-electron chi connectivity index (χ2n) is 5.32. The molecular formula is C17H18BrN. The van der Waals surface area contributed by atoms with Gasteiger partial charge in [-0.1, -0.05) is 46.3 Å². The number of fused-ring (bicyclic) bond motifs is 1. The highest BCUT2D eigenvalue weighted by Crippen LogP contribution is 2.26. The molecule has 0 aliphatic heterocycles. The van der Waals surface area contributed by atoms with Crippen LogP contribution < -0.4 is 5.73 Å². The molecule has 0 saturated carbocycles. The van der Waals surface area contributed by atoms with Crippen LogP contribution in [0.4, 0.5) is 0 Å². The molecule has 1 atom stereocenters. The topological polar surface area (TPSA) is 26.0 Å². The summed E-state index contributed by atoms with van der Waals surface area (Å²) in [7, 11) is 0. The SMILES string of the molecule is NC(Cc1ccc(Br)cc1)c1ccc2c(c1)CCC2. The van der Waals surface area contributed by atoms with Crippen LogP contribution in [0.5, 0.6) is 0 Å². The van der Waals surface area contributed by atoms with E-state index >= 15 is 0 Å². The van der Waals surface area contributed by atoms with Crippen LogP contribution in [0.2, 0.25) is 0 Å². The number of rotatable bonds is 3. The minimum atomic E-state index is 0.0899. The van der Waals surface area contributed by atoms with Crippen LogP contribution in [0.3, 0.4) is 0 Å². The van der Waals surface area contributed by atoms with Gasteiger partial charge in [-0.2, -0.15) is 0 Å². The minimum Gasteiger partial charge on any atom is -0.324 e. The molecule has 2 heteroatoms. The van der Waals surface area contributed by atoms with E-state index in [-0.39, 0.29) is 6.04 Å². The second kappa shape index (κ2) is 5.48. The number of hydrogen-bond donors (Lipinski definition) is 1. The number of aryl methyl sites for hydroxylation is 2. The maximum atomic E-state index is 6.35. The molecule has 98 valence electrons. The van der Waals surface area contributed by atoms with Crippen LogP contribution in [0.25, 0.3) is 0 Å². The fourth-order valence-electron chi connectivity index (χ4n) is 2.81. The van der Waals surface area contributed by atoms with Crippen LogP contribution in [0, 0.1) is 0 Å². The van der Waals surface area contributed by atoms with Crippen molar-refractivity contribution in [1.29, 1.82) is 0 Å². The van der Waals surface area contributed by atoms with Crippen molar-refractivity contribution in [2.24, 2.45) is 5.73 Å². The Morgan fingerprint density at radius 3 is 2.53 bits per heavy atom. The summed E-state index contributed by atoms with van der Waals surface area (Å²) in [4.78, 5) is 0. The maximum absolute atomic E-state index is 6.35. The van der Waals surface area contributed by atoms with Gasteiger partial charge >= 0.3 is 0 Å². The predicted molar refractivity (Wildman–Crippen MR) is 83.2 cm³/mol. The fourth-order valence-corrected chi connectivity index (χ4v) is 3.08. The third kappa shape index (κ3) is 2.90. The molecule has 2 N–H and O–H groups in total. The van der Waals surface area contributed by atoms with Gasteiger partial charge in [0.2, 0.25) is 0 Å². The zero-order valence-corrected chi connectivity index (χ0v) is 12.5. The van der Waals surface area contributed by atoms with Gasteiger partial charge in [-0.25, -0.2) is 0 Å². The quantitative estimate of drug-likeness (QED) is 0.903. The molecule has 1 nitrogen and oxygen atoms in total. The summed E-state index contributed by atoms with van der Waals surface area (Å²) >= 11 is 3.46. The molecule has 1 unspecified atom stereocenters. The van der Waals surface area contributed by atoms with Crippen molar-refractivity contribution in [3.63, 3.8) is 0 Å². The molecule has 0 amide bonds. The van der Waals surface area contributed by atoms with E-state index in [1.165, 1.54) is 41.5 Å². The molecule has 1 aliphatic rings. The van der Waals surface area contributed by atoms with Crippen LogP contribution in [0.1, 0.15) is 34.7 Å². The maximum Gasteiger partial charge on any atom is 0.0335 e. The molecule has 0 radical (unpaired) electrons. The Morgan fingerprint density at radius 2 is 1.74 bits per heavy atom. The summed E-state index contributed by atoms with van der Waals surface area (Å²) in [6.07, 6.45) is 4.64. The van der Waals surface area contributed by atoms with E-state index in [1.807, 2.05) is 0 Å². The van der Waals surface area contributed by atoms with Crippen molar-refractivity contribution in [2.45, 2.75) is 31.7 Å². The highest BCUT2D eigenvalue weighted by atomic mass is 79.9. The average Bonchev–Trinajstić information content (AvgIpc) is 2.88. The Kier molecular flexibility index (Phi) is 3.72. The van der Waals surface area contributed by atoms with E-state index in [4.69, 9.17) is 5.73 Å². The highest BCUT2D eigenvalue weighted by Gasteiger charge is 2.14. The standard InChI is InChI=1S/C17H18BrN/c18-16-8-4-12(5-9-16)10-17(19)15-7-6-13-2-1-3-14(13)11-15/h4-9,11,17H,1-3,10,19H2. The van der Waals surface area contributed by atoms with Crippen molar-refractivity contribution < 1.29 is 0 Å². The van der Waals surface area contributed by atoms with E-state index in [9.17, 15) is 0 Å². The van der Waals surface area contributed by atoms with Gasteiger partial charge in [-0.05, 0) is 60.1 Å². The molecule has 19 heavy (non-hydrogen) atoms. The van der Waals surface area contributed by atoms with Gasteiger partial charge in [0.25, 0.3) is 0 Å². The molecular weight excluding hydrogens is 298 g/mol. The van der Waals surface area contributed by atoms with Gasteiger partial charge in [-0.15, -0.1) is 0 Å². The van der Waals surface area contributed by atoms with Crippen molar-refractivity contribution in [1.82, 2.24) is 0 Å². The lowest BCUT2D eigenvalue weighted by atomic mass is 9.97. The summed E-state index contributed by atoms with van der Waals surface area (Å²) in [6.45, 7) is 0. The lowest BCUT2D eigenvalue weighted by Gasteiger charge is -2.14. The molecule has 1 aliphatic carbocycles. The summed E-state index contributed by atoms with van der Waals surface area (Å²) in [6, 6.07) is 15.3. The molecule has 0 saturated heterocycles. The van der Waals surface area contributed by atoms with Crippen molar-refractivity contribution >= 4 is 15.9 Å². The zero-order valence-electron chi connectivity index (χ0n) is 10.9. The monoisotopic (exact) mass is 315 g/mol. The molecule has 2 aromatic carbocycles. The number of benzene rings is 2. The van der Waals surface area contributed by atoms with Crippen LogP contribution >= 0.6 is 15.9 Å². The van der Waals surface area contributed by atoms with Gasteiger partial charge < -0.3 is 5.73 Å². The Balaban J connectivity index is 1.76. The Bertz CT molecular complexity index is 574. The molecule has 0 aromatic heterocycles. The van der Waals surface area contributed by atoms with E-state index in [0.717, 1.165) is 10.9 Å². The van der Waals surface area contributed by atoms with Gasteiger partial charge in [0, 0.05) is 10.5 Å². The number of halogens is 1. The van der Waals surface area contributed by atoms with Crippen molar-refractivity contribution in [3.05, 3.63) is 69.2 Å². The molecule has 0 bridgehead atoms. The Hall–Kier alpha value is -1.12. The van der Waals surface area contributed by atoms with Crippen LogP contribution in [0.15, 0.2) is 46.9 Å². The van der Waals surface area contributed by atoms with Gasteiger partial charge in [0.15, 0.2) is 0 Å². The highest BCUT2D eigenvalue weighted by molar-refractivity contribution is 9.10. The third-order valence-corrected chi connectivity index (χ3v) is 4.45. The number of nitrogens with two attached hydrogens (primary N) is 1. The fraction of sp³-hybridized carbons (Fsp3) is 0.294. The average molecular weight is 316 g/mol. The van der Waals surface area contributed by atoms with Crippen molar-refractivity contribution in [2.75, 3.05) is 0 Å². The first-order valence-corrected chi connectivity index (χ1v) is 7.63. The summed E-state index contributed by atoms with van der Waals surface area (Å²) < 4.78 is 1.11. The lowest BCUT2D eigenvalue weighted by molar-refractivity contribution is 0.720. The van der Waals surface area contributed by atoms with E-state index in [2.05, 4.69) is 58.4 Å². The lowest BCUT2D eigenvalue weighted by Crippen LogP contribution is -2.13. The predicted octanol–water partition coefficient (Wildman–Crippen LogP) is 4.18. The Labute approximate surface area is 123 Å². The van der Waals surface area contributed by atoms with E-state index in [0.29, 0.717) is 0 Å². The summed E-state index contributed by atoms with van der Waals surface area (Å²) in [5.41, 5.74) is 11.9. The molecule has 0 spiro atoms. The first-order valence-electron chi connectivity index (χ1n) is 6.84. The van der Waals surface area contributed by atoms with E-state index in [1.54, 1.807) is 0 Å². The number of hydrogen-bond acceptors (Lipinski definition) is 1. The van der Waals surface area contributed by atoms with Crippen molar-refractivity contribution in [3.8, 4) is 0 Å². The van der Waals surface area contributed by atoms with Gasteiger partial charge in [-0.3, -0.25) is 0 Å². The summed E-state index contributed by atoms with van der Waals surface area (Å²) in [5.74, 6) is 0. The van der Waals surface area contributed by atoms with Gasteiger partial charge in [0.05, 0.1) is 0 Å². The Morgan fingerprint density at radius 1 is 1.00 bits per heavy atom. The molecule has 3 rings (SSSR count). The molecule has 2 aromatic rings. The van der Waals surface area contributed by atoms with Gasteiger partial charge in [0.1, 0.15) is 0 Å². The van der Waals surface area contributed by atoms with E-state index < -0.39 is 0 Å². The largest absolute Gasteiger partial charge is 0.324 e. The normalized spacial score (nSPS) is 15.3.